The van der Waals surface area contributed by atoms with E-state index in [9.17, 15) is 4.79 Å². The van der Waals surface area contributed by atoms with Gasteiger partial charge in [-0.3, -0.25) is 4.79 Å². The first-order valence-electron chi connectivity index (χ1n) is 7.39. The van der Waals surface area contributed by atoms with Crippen LogP contribution in [-0.4, -0.2) is 31.6 Å². The number of carbonyl (C=O) groups excluding carboxylic acids is 1. The van der Waals surface area contributed by atoms with Crippen LogP contribution in [0.4, 0.5) is 0 Å². The van der Waals surface area contributed by atoms with Gasteiger partial charge in [-0.05, 0) is 37.5 Å². The lowest BCUT2D eigenvalue weighted by Crippen LogP contribution is -2.28. The molecule has 6 heteroatoms. The smallest absolute Gasteiger partial charge is 0.239 e. The molecular formula is C16H19N5O. The highest BCUT2D eigenvalue weighted by Crippen LogP contribution is 2.06. The predicted octanol–water partition coefficient (Wildman–Crippen LogP) is 1.59. The van der Waals surface area contributed by atoms with Crippen LogP contribution in [0, 0.1) is 6.92 Å². The standard InChI is InChI=1S/C16H19N5O/c1-13-9-15-18-10-14(11-21(15)19-13)5-4-6-17-16(22)12-20-7-2-3-8-20/h2-3,7-11H,4-6,12H2,1H3,(H,17,22). The third-order valence-corrected chi connectivity index (χ3v) is 3.45. The Balaban J connectivity index is 1.44. The Labute approximate surface area is 128 Å². The van der Waals surface area contributed by atoms with E-state index in [4.69, 9.17) is 0 Å². The lowest BCUT2D eigenvalue weighted by molar-refractivity contribution is -0.121. The quantitative estimate of drug-likeness (QED) is 0.703. The van der Waals surface area contributed by atoms with Crippen molar-refractivity contribution in [1.29, 1.82) is 0 Å². The summed E-state index contributed by atoms with van der Waals surface area (Å²) in [5, 5.41) is 7.28. The van der Waals surface area contributed by atoms with E-state index < -0.39 is 0 Å². The molecule has 3 aromatic rings. The van der Waals surface area contributed by atoms with Crippen LogP contribution in [0.3, 0.4) is 0 Å². The zero-order valence-corrected chi connectivity index (χ0v) is 12.6. The van der Waals surface area contributed by atoms with Crippen LogP contribution in [0.1, 0.15) is 17.7 Å². The van der Waals surface area contributed by atoms with E-state index in [1.165, 1.54) is 0 Å². The van der Waals surface area contributed by atoms with Crippen molar-refractivity contribution in [3.8, 4) is 0 Å². The van der Waals surface area contributed by atoms with E-state index in [1.807, 2.05) is 54.5 Å². The van der Waals surface area contributed by atoms with Gasteiger partial charge in [0.2, 0.25) is 5.91 Å². The molecule has 1 amide bonds. The maximum absolute atomic E-state index is 11.7. The van der Waals surface area contributed by atoms with Gasteiger partial charge in [-0.1, -0.05) is 0 Å². The highest BCUT2D eigenvalue weighted by Gasteiger charge is 2.03. The van der Waals surface area contributed by atoms with Gasteiger partial charge in [0.15, 0.2) is 5.65 Å². The molecule has 0 aliphatic carbocycles. The molecule has 0 unspecified atom stereocenters. The molecule has 3 aromatic heterocycles. The maximum Gasteiger partial charge on any atom is 0.239 e. The van der Waals surface area contributed by atoms with Crippen LogP contribution in [-0.2, 0) is 17.8 Å². The number of carbonyl (C=O) groups is 1. The van der Waals surface area contributed by atoms with Crippen molar-refractivity contribution < 1.29 is 4.79 Å². The third-order valence-electron chi connectivity index (χ3n) is 3.45. The van der Waals surface area contributed by atoms with Crippen LogP contribution < -0.4 is 5.32 Å². The summed E-state index contributed by atoms with van der Waals surface area (Å²) in [6.45, 7) is 2.98. The van der Waals surface area contributed by atoms with Gasteiger partial charge >= 0.3 is 0 Å². The summed E-state index contributed by atoms with van der Waals surface area (Å²) >= 11 is 0. The summed E-state index contributed by atoms with van der Waals surface area (Å²) in [5.41, 5.74) is 2.94. The summed E-state index contributed by atoms with van der Waals surface area (Å²) in [6.07, 6.45) is 9.38. The molecule has 0 aliphatic rings. The van der Waals surface area contributed by atoms with Gasteiger partial charge < -0.3 is 9.88 Å². The van der Waals surface area contributed by atoms with Crippen molar-refractivity contribution >= 4 is 11.6 Å². The number of rotatable bonds is 6. The Morgan fingerprint density at radius 3 is 2.95 bits per heavy atom. The van der Waals surface area contributed by atoms with Crippen molar-refractivity contribution in [2.24, 2.45) is 0 Å². The minimum absolute atomic E-state index is 0.0347. The second kappa shape index (κ2) is 6.43. The normalized spacial score (nSPS) is 11.0. The fourth-order valence-corrected chi connectivity index (χ4v) is 2.38. The molecule has 0 aromatic carbocycles. The minimum atomic E-state index is 0.0347. The van der Waals surface area contributed by atoms with Crippen molar-refractivity contribution in [3.63, 3.8) is 0 Å². The largest absolute Gasteiger partial charge is 0.355 e. The first-order valence-corrected chi connectivity index (χ1v) is 7.39. The van der Waals surface area contributed by atoms with Crippen LogP contribution in [0.5, 0.6) is 0 Å². The Kier molecular flexibility index (Phi) is 4.18. The van der Waals surface area contributed by atoms with Gasteiger partial charge in [-0.25, -0.2) is 9.50 Å². The molecule has 3 rings (SSSR count). The number of aryl methyl sites for hydroxylation is 2. The zero-order valence-electron chi connectivity index (χ0n) is 12.6. The molecule has 0 bridgehead atoms. The summed E-state index contributed by atoms with van der Waals surface area (Å²) in [4.78, 5) is 16.1. The molecule has 0 saturated heterocycles. The summed E-state index contributed by atoms with van der Waals surface area (Å²) in [5.74, 6) is 0.0347. The van der Waals surface area contributed by atoms with Crippen LogP contribution >= 0.6 is 0 Å². The number of fused-ring (bicyclic) bond motifs is 1. The van der Waals surface area contributed by atoms with Crippen molar-refractivity contribution in [2.75, 3.05) is 6.54 Å². The number of hydrogen-bond acceptors (Lipinski definition) is 3. The molecule has 6 nitrogen and oxygen atoms in total. The minimum Gasteiger partial charge on any atom is -0.355 e. The number of hydrogen-bond donors (Lipinski definition) is 1. The van der Waals surface area contributed by atoms with Gasteiger partial charge in [-0.15, -0.1) is 0 Å². The van der Waals surface area contributed by atoms with E-state index in [0.29, 0.717) is 13.1 Å². The Morgan fingerprint density at radius 2 is 2.14 bits per heavy atom. The van der Waals surface area contributed by atoms with Gasteiger partial charge in [-0.2, -0.15) is 5.10 Å². The molecule has 0 radical (unpaired) electrons. The topological polar surface area (TPSA) is 64.2 Å². The SMILES string of the molecule is Cc1cc2ncc(CCCNC(=O)Cn3cccc3)cn2n1. The second-order valence-electron chi connectivity index (χ2n) is 5.36. The number of nitrogens with one attached hydrogen (secondary N) is 1. The fourth-order valence-electron chi connectivity index (χ4n) is 2.38. The highest BCUT2D eigenvalue weighted by molar-refractivity contribution is 5.75. The highest BCUT2D eigenvalue weighted by atomic mass is 16.1. The molecule has 0 atom stereocenters. The third kappa shape index (κ3) is 3.52. The lowest BCUT2D eigenvalue weighted by Gasteiger charge is -2.06. The second-order valence-corrected chi connectivity index (χ2v) is 5.36. The summed E-state index contributed by atoms with van der Waals surface area (Å²) in [6, 6.07) is 5.77. The molecule has 1 N–H and O–H groups in total. The van der Waals surface area contributed by atoms with E-state index >= 15 is 0 Å². The average Bonchev–Trinajstić information content (AvgIpc) is 3.11. The number of aromatic nitrogens is 4. The molecule has 0 spiro atoms. The van der Waals surface area contributed by atoms with Crippen molar-refractivity contribution in [3.05, 3.63) is 54.2 Å². The van der Waals surface area contributed by atoms with Crippen LogP contribution in [0.25, 0.3) is 5.65 Å². The van der Waals surface area contributed by atoms with E-state index in [-0.39, 0.29) is 5.91 Å². The fraction of sp³-hybridized carbons (Fsp3) is 0.312. The molecule has 0 saturated carbocycles. The Morgan fingerprint density at radius 1 is 1.32 bits per heavy atom. The maximum atomic E-state index is 11.7. The molecule has 0 aliphatic heterocycles. The first kappa shape index (κ1) is 14.3. The lowest BCUT2D eigenvalue weighted by atomic mass is 10.2. The zero-order chi connectivity index (χ0) is 15.4. The summed E-state index contributed by atoms with van der Waals surface area (Å²) in [7, 11) is 0. The van der Waals surface area contributed by atoms with E-state index in [2.05, 4.69) is 15.4 Å². The number of amides is 1. The van der Waals surface area contributed by atoms with E-state index in [0.717, 1.165) is 29.7 Å². The number of nitrogens with zero attached hydrogens (tertiary/aromatic N) is 4. The van der Waals surface area contributed by atoms with Crippen LogP contribution in [0.15, 0.2) is 43.0 Å². The molecule has 114 valence electrons. The van der Waals surface area contributed by atoms with Gasteiger partial charge in [0.25, 0.3) is 0 Å². The summed E-state index contributed by atoms with van der Waals surface area (Å²) < 4.78 is 3.66. The first-order chi connectivity index (χ1) is 10.7. The molecule has 3 heterocycles. The molecule has 22 heavy (non-hydrogen) atoms. The predicted molar refractivity (Wildman–Crippen MR) is 83.5 cm³/mol. The van der Waals surface area contributed by atoms with Crippen LogP contribution in [0.2, 0.25) is 0 Å². The van der Waals surface area contributed by atoms with Gasteiger partial charge in [0, 0.05) is 37.4 Å². The van der Waals surface area contributed by atoms with Gasteiger partial charge in [0.1, 0.15) is 6.54 Å². The average molecular weight is 297 g/mol. The molecule has 0 fully saturated rings. The Hall–Kier alpha value is -2.63. The van der Waals surface area contributed by atoms with E-state index in [1.54, 1.807) is 4.52 Å². The monoisotopic (exact) mass is 297 g/mol. The van der Waals surface area contributed by atoms with Crippen molar-refractivity contribution in [1.82, 2.24) is 24.5 Å². The Bertz CT molecular complexity index is 760. The molecular weight excluding hydrogens is 278 g/mol. The van der Waals surface area contributed by atoms with Crippen molar-refractivity contribution in [2.45, 2.75) is 26.3 Å². The van der Waals surface area contributed by atoms with Gasteiger partial charge in [0.05, 0.1) is 5.69 Å².